The van der Waals surface area contributed by atoms with E-state index in [1.165, 1.54) is 0 Å². The van der Waals surface area contributed by atoms with Gasteiger partial charge >= 0.3 is 0 Å². The fourth-order valence-corrected chi connectivity index (χ4v) is 2.93. The number of fused-ring (bicyclic) bond motifs is 1. The summed E-state index contributed by atoms with van der Waals surface area (Å²) in [7, 11) is 3.85. The van der Waals surface area contributed by atoms with Gasteiger partial charge in [-0.3, -0.25) is 10.1 Å². The van der Waals surface area contributed by atoms with Crippen LogP contribution in [0.3, 0.4) is 0 Å². The predicted octanol–water partition coefficient (Wildman–Crippen LogP) is 1.19. The number of rotatable bonds is 6. The third-order valence-electron chi connectivity index (χ3n) is 4.26. The topological polar surface area (TPSA) is 55.7 Å². The number of aromatic nitrogens is 1. The first-order valence-corrected chi connectivity index (χ1v) is 8.40. The lowest BCUT2D eigenvalue weighted by atomic mass is 10.1. The molecule has 0 aliphatic carbocycles. The van der Waals surface area contributed by atoms with Crippen LogP contribution in [-0.2, 0) is 11.8 Å². The molecular weight excluding hydrogens is 306 g/mol. The van der Waals surface area contributed by atoms with Gasteiger partial charge in [0.05, 0.1) is 18.6 Å². The molecule has 1 N–H and O–H groups in total. The van der Waals surface area contributed by atoms with E-state index in [1.54, 1.807) is 17.8 Å². The Balaban J connectivity index is 1.53. The van der Waals surface area contributed by atoms with Crippen LogP contribution in [0, 0.1) is 0 Å². The van der Waals surface area contributed by atoms with Gasteiger partial charge in [-0.05, 0) is 13.1 Å². The molecule has 3 rings (SSSR count). The Hall–Kier alpha value is -1.89. The summed E-state index contributed by atoms with van der Waals surface area (Å²) in [6.07, 6.45) is 2.66. The molecule has 1 aromatic carbocycles. The van der Waals surface area contributed by atoms with Crippen LogP contribution in [0.15, 0.2) is 35.3 Å². The van der Waals surface area contributed by atoms with Crippen molar-refractivity contribution >= 4 is 10.8 Å². The lowest BCUT2D eigenvalue weighted by molar-refractivity contribution is -0.0119. The summed E-state index contributed by atoms with van der Waals surface area (Å²) >= 11 is 0. The molecule has 1 saturated heterocycles. The number of hydrogen-bond acceptors (Lipinski definition) is 5. The Morgan fingerprint density at radius 1 is 1.21 bits per heavy atom. The summed E-state index contributed by atoms with van der Waals surface area (Å²) in [5, 5.41) is 4.90. The molecule has 0 radical (unpaired) electrons. The molecule has 1 unspecified atom stereocenters. The minimum atomic E-state index is -0.00576. The average molecular weight is 331 g/mol. The number of pyridine rings is 1. The van der Waals surface area contributed by atoms with Gasteiger partial charge in [-0.25, -0.2) is 0 Å². The van der Waals surface area contributed by atoms with Gasteiger partial charge in [-0.2, -0.15) is 0 Å². The van der Waals surface area contributed by atoms with Gasteiger partial charge in [0.25, 0.3) is 5.56 Å². The first kappa shape index (κ1) is 17.0. The number of likely N-dealkylation sites (N-methyl/N-ethyl adjacent to an activating group) is 1. The van der Waals surface area contributed by atoms with Gasteiger partial charge in [0.2, 0.25) is 0 Å². The van der Waals surface area contributed by atoms with Crippen LogP contribution in [0.4, 0.5) is 0 Å². The number of piperazine rings is 1. The highest BCUT2D eigenvalue weighted by Crippen LogP contribution is 2.22. The van der Waals surface area contributed by atoms with Gasteiger partial charge in [-0.15, -0.1) is 0 Å². The van der Waals surface area contributed by atoms with Crippen molar-refractivity contribution in [3.8, 4) is 5.75 Å². The molecule has 0 bridgehead atoms. The smallest absolute Gasteiger partial charge is 0.258 e. The second-order valence-electron chi connectivity index (χ2n) is 6.23. The summed E-state index contributed by atoms with van der Waals surface area (Å²) < 4.78 is 13.3. The molecule has 1 fully saturated rings. The number of ether oxygens (including phenoxy) is 2. The highest BCUT2D eigenvalue weighted by atomic mass is 16.5. The highest BCUT2D eigenvalue weighted by molar-refractivity contribution is 5.87. The largest absolute Gasteiger partial charge is 0.491 e. The molecule has 24 heavy (non-hydrogen) atoms. The molecule has 0 amide bonds. The van der Waals surface area contributed by atoms with Gasteiger partial charge < -0.3 is 18.9 Å². The first-order valence-electron chi connectivity index (χ1n) is 8.40. The third-order valence-corrected chi connectivity index (χ3v) is 4.26. The summed E-state index contributed by atoms with van der Waals surface area (Å²) in [5.74, 6) is 0.739. The van der Waals surface area contributed by atoms with Gasteiger partial charge in [0.15, 0.2) is 0 Å². The minimum Gasteiger partial charge on any atom is -0.491 e. The van der Waals surface area contributed by atoms with Crippen LogP contribution in [0.1, 0.15) is 6.42 Å². The van der Waals surface area contributed by atoms with Crippen LogP contribution in [0.2, 0.25) is 0 Å². The van der Waals surface area contributed by atoms with Crippen molar-refractivity contribution in [3.05, 3.63) is 40.8 Å². The van der Waals surface area contributed by atoms with Crippen molar-refractivity contribution in [1.82, 2.24) is 14.8 Å². The maximum Gasteiger partial charge on any atom is 0.258 e. The molecule has 6 nitrogen and oxygen atoms in total. The zero-order chi connectivity index (χ0) is 16.9. The van der Waals surface area contributed by atoms with Gasteiger partial charge in [0, 0.05) is 44.7 Å². The van der Waals surface area contributed by atoms with Gasteiger partial charge in [0.1, 0.15) is 12.0 Å². The van der Waals surface area contributed by atoms with Gasteiger partial charge in [-0.1, -0.05) is 18.2 Å². The fourth-order valence-electron chi connectivity index (χ4n) is 2.93. The van der Waals surface area contributed by atoms with Crippen LogP contribution in [0.5, 0.6) is 5.75 Å². The zero-order valence-electron chi connectivity index (χ0n) is 14.3. The molecule has 1 aromatic heterocycles. The van der Waals surface area contributed by atoms with Crippen molar-refractivity contribution in [2.75, 3.05) is 39.9 Å². The van der Waals surface area contributed by atoms with E-state index < -0.39 is 0 Å². The van der Waals surface area contributed by atoms with E-state index in [0.717, 1.165) is 37.2 Å². The fraction of sp³-hybridized carbons (Fsp3) is 0.500. The highest BCUT2D eigenvalue weighted by Gasteiger charge is 2.16. The lowest BCUT2D eigenvalue weighted by Gasteiger charge is -2.30. The van der Waals surface area contributed by atoms with Crippen molar-refractivity contribution in [3.63, 3.8) is 0 Å². The third kappa shape index (κ3) is 3.95. The average Bonchev–Trinajstić information content (AvgIpc) is 2.59. The Morgan fingerprint density at radius 2 is 2.00 bits per heavy atom. The van der Waals surface area contributed by atoms with E-state index in [0.29, 0.717) is 18.6 Å². The first-order chi connectivity index (χ1) is 11.6. The van der Waals surface area contributed by atoms with E-state index >= 15 is 0 Å². The van der Waals surface area contributed by atoms with E-state index in [1.807, 2.05) is 24.3 Å². The molecule has 6 heteroatoms. The molecule has 0 saturated carbocycles. The number of nitrogens with one attached hydrogen (secondary N) is 1. The maximum atomic E-state index is 12.1. The molecular formula is C18H25N3O3. The number of aryl methyl sites for hydroxylation is 1. The van der Waals surface area contributed by atoms with Crippen LogP contribution in [-0.4, -0.2) is 55.6 Å². The summed E-state index contributed by atoms with van der Waals surface area (Å²) in [5.41, 5.74) is -0.00576. The quantitative estimate of drug-likeness (QED) is 0.806. The molecule has 1 atom stereocenters. The summed E-state index contributed by atoms with van der Waals surface area (Å²) in [4.78, 5) is 14.4. The monoisotopic (exact) mass is 331 g/mol. The number of benzene rings is 1. The van der Waals surface area contributed by atoms with E-state index in [-0.39, 0.29) is 11.8 Å². The molecule has 2 aromatic rings. The Morgan fingerprint density at radius 3 is 2.79 bits per heavy atom. The lowest BCUT2D eigenvalue weighted by Crippen LogP contribution is -2.50. The summed E-state index contributed by atoms with van der Waals surface area (Å²) in [6.45, 7) is 4.14. The second kappa shape index (κ2) is 7.79. The van der Waals surface area contributed by atoms with E-state index in [4.69, 9.17) is 9.47 Å². The Labute approximate surface area is 142 Å². The zero-order valence-corrected chi connectivity index (χ0v) is 14.3. The number of nitrogens with zero attached hydrogens (tertiary/aromatic N) is 2. The Bertz CT molecular complexity index is 744. The number of hydrogen-bond donors (Lipinski definition) is 1. The van der Waals surface area contributed by atoms with Crippen molar-refractivity contribution in [2.45, 2.75) is 12.6 Å². The molecule has 1 aliphatic heterocycles. The van der Waals surface area contributed by atoms with E-state index in [2.05, 4.69) is 17.3 Å². The Kier molecular flexibility index (Phi) is 5.50. The van der Waals surface area contributed by atoms with Crippen molar-refractivity contribution in [1.29, 1.82) is 0 Å². The molecule has 2 heterocycles. The summed E-state index contributed by atoms with van der Waals surface area (Å²) in [6, 6.07) is 7.54. The normalized spacial score (nSPS) is 18.8. The molecule has 130 valence electrons. The minimum absolute atomic E-state index is 0.00576. The van der Waals surface area contributed by atoms with Crippen molar-refractivity contribution < 1.29 is 9.47 Å². The van der Waals surface area contributed by atoms with Crippen molar-refractivity contribution in [2.24, 2.45) is 7.05 Å². The standard InChI is InChI=1S/C18H25N3O3/c1-20-9-8-19-17(13-20)24-11-5-10-23-16-12-21(2)18(22)15-7-4-3-6-14(15)16/h3-4,6-7,12,17,19H,5,8-11,13H2,1-2H3. The second-order valence-corrected chi connectivity index (χ2v) is 6.23. The van der Waals surface area contributed by atoms with Crippen LogP contribution < -0.4 is 15.6 Å². The molecule has 1 aliphatic rings. The maximum absolute atomic E-state index is 12.1. The van der Waals surface area contributed by atoms with Crippen LogP contribution >= 0.6 is 0 Å². The van der Waals surface area contributed by atoms with E-state index in [9.17, 15) is 4.79 Å². The molecule has 0 spiro atoms. The predicted molar refractivity (Wildman–Crippen MR) is 94.5 cm³/mol. The SMILES string of the molecule is CN1CCNC(OCCCOc2cn(C)c(=O)c3ccccc23)C1. The van der Waals surface area contributed by atoms with Crippen LogP contribution in [0.25, 0.3) is 10.8 Å².